The van der Waals surface area contributed by atoms with Crippen molar-refractivity contribution in [2.75, 3.05) is 19.0 Å². The highest BCUT2D eigenvalue weighted by molar-refractivity contribution is 7.09. The van der Waals surface area contributed by atoms with Crippen LogP contribution in [-0.4, -0.2) is 34.8 Å². The number of nitrogens with zero attached hydrogens (tertiary/aromatic N) is 2. The molecule has 0 radical (unpaired) electrons. The Hall–Kier alpha value is -0.610. The number of alkyl halides is 1. The Morgan fingerprint density at radius 1 is 1.71 bits per heavy atom. The summed E-state index contributed by atoms with van der Waals surface area (Å²) in [6.07, 6.45) is 0.604. The van der Waals surface area contributed by atoms with Crippen LogP contribution in [0.4, 0.5) is 0 Å². The molecule has 0 N–H and O–H groups in total. The SMILES string of the molecule is Cc1csc(C(C)CN2CC(CCl)CC2=O)n1. The lowest BCUT2D eigenvalue weighted by atomic mass is 10.1. The molecule has 94 valence electrons. The number of halogens is 1. The molecule has 0 bridgehead atoms. The molecule has 17 heavy (non-hydrogen) atoms. The van der Waals surface area contributed by atoms with E-state index in [-0.39, 0.29) is 5.91 Å². The average molecular weight is 273 g/mol. The molecule has 2 unspecified atom stereocenters. The van der Waals surface area contributed by atoms with Gasteiger partial charge in [-0.2, -0.15) is 0 Å². The minimum absolute atomic E-state index is 0.232. The summed E-state index contributed by atoms with van der Waals surface area (Å²) in [5, 5.41) is 3.17. The molecule has 1 amide bonds. The second-order valence-corrected chi connectivity index (χ2v) is 5.95. The summed E-state index contributed by atoms with van der Waals surface area (Å²) < 4.78 is 0. The number of carbonyl (C=O) groups excluding carboxylic acids is 1. The number of aromatic nitrogens is 1. The molecular formula is C12H17ClN2OS. The fourth-order valence-corrected chi connectivity index (χ4v) is 3.20. The van der Waals surface area contributed by atoms with Crippen molar-refractivity contribution in [3.8, 4) is 0 Å². The largest absolute Gasteiger partial charge is 0.342 e. The Balaban J connectivity index is 1.95. The standard InChI is InChI=1S/C12H17ClN2OS/c1-8(12-14-9(2)7-17-12)5-15-6-10(4-13)3-11(15)16/h7-8,10H,3-6H2,1-2H3. The Labute approximate surface area is 111 Å². The van der Waals surface area contributed by atoms with Gasteiger partial charge in [0.15, 0.2) is 0 Å². The second kappa shape index (κ2) is 5.36. The quantitative estimate of drug-likeness (QED) is 0.790. The van der Waals surface area contributed by atoms with Crippen LogP contribution >= 0.6 is 22.9 Å². The van der Waals surface area contributed by atoms with E-state index in [1.165, 1.54) is 0 Å². The van der Waals surface area contributed by atoms with E-state index >= 15 is 0 Å². The van der Waals surface area contributed by atoms with E-state index in [4.69, 9.17) is 11.6 Å². The van der Waals surface area contributed by atoms with E-state index in [9.17, 15) is 4.79 Å². The molecule has 1 saturated heterocycles. The highest BCUT2D eigenvalue weighted by Gasteiger charge is 2.30. The minimum Gasteiger partial charge on any atom is -0.342 e. The van der Waals surface area contributed by atoms with Gasteiger partial charge in [-0.25, -0.2) is 4.98 Å². The molecule has 1 aliphatic rings. The molecule has 2 heterocycles. The molecule has 2 rings (SSSR count). The summed E-state index contributed by atoms with van der Waals surface area (Å²) in [5.41, 5.74) is 1.06. The highest BCUT2D eigenvalue weighted by Crippen LogP contribution is 2.25. The van der Waals surface area contributed by atoms with Crippen molar-refractivity contribution in [3.05, 3.63) is 16.1 Å². The van der Waals surface area contributed by atoms with E-state index in [0.717, 1.165) is 23.8 Å². The first kappa shape index (κ1) is 12.8. The van der Waals surface area contributed by atoms with Crippen molar-refractivity contribution in [2.24, 2.45) is 5.92 Å². The molecule has 5 heteroatoms. The molecular weight excluding hydrogens is 256 g/mol. The summed E-state index contributed by atoms with van der Waals surface area (Å²) in [6.45, 7) is 5.69. The van der Waals surface area contributed by atoms with Gasteiger partial charge in [0.25, 0.3) is 0 Å². The van der Waals surface area contributed by atoms with Crippen LogP contribution in [0.5, 0.6) is 0 Å². The number of hydrogen-bond acceptors (Lipinski definition) is 3. The first-order chi connectivity index (χ1) is 8.10. The fraction of sp³-hybridized carbons (Fsp3) is 0.667. The third-order valence-corrected chi connectivity index (χ3v) is 4.70. The zero-order valence-corrected chi connectivity index (χ0v) is 11.7. The lowest BCUT2D eigenvalue weighted by molar-refractivity contribution is -0.127. The van der Waals surface area contributed by atoms with Crippen molar-refractivity contribution in [1.82, 2.24) is 9.88 Å². The van der Waals surface area contributed by atoms with Gasteiger partial charge in [0, 0.05) is 42.4 Å². The van der Waals surface area contributed by atoms with Crippen LogP contribution < -0.4 is 0 Å². The van der Waals surface area contributed by atoms with Gasteiger partial charge < -0.3 is 4.90 Å². The molecule has 0 spiro atoms. The Kier molecular flexibility index (Phi) is 4.05. The first-order valence-electron chi connectivity index (χ1n) is 5.86. The lowest BCUT2D eigenvalue weighted by Gasteiger charge is -2.19. The van der Waals surface area contributed by atoms with E-state index in [1.54, 1.807) is 11.3 Å². The number of likely N-dealkylation sites (tertiary alicyclic amines) is 1. The number of rotatable bonds is 4. The number of thiazole rings is 1. The van der Waals surface area contributed by atoms with Gasteiger partial charge in [0.05, 0.1) is 5.01 Å². The van der Waals surface area contributed by atoms with Gasteiger partial charge in [-0.1, -0.05) is 6.92 Å². The molecule has 0 aromatic carbocycles. The number of hydrogen-bond donors (Lipinski definition) is 0. The topological polar surface area (TPSA) is 33.2 Å². The van der Waals surface area contributed by atoms with Crippen LogP contribution in [-0.2, 0) is 4.79 Å². The zero-order valence-electron chi connectivity index (χ0n) is 10.1. The van der Waals surface area contributed by atoms with E-state index < -0.39 is 0 Å². The van der Waals surface area contributed by atoms with E-state index in [1.807, 2.05) is 11.8 Å². The third-order valence-electron chi connectivity index (χ3n) is 3.07. The fourth-order valence-electron chi connectivity index (χ4n) is 2.14. The first-order valence-corrected chi connectivity index (χ1v) is 7.27. The Bertz CT molecular complexity index is 407. The van der Waals surface area contributed by atoms with E-state index in [0.29, 0.717) is 24.1 Å². The predicted octanol–water partition coefficient (Wildman–Crippen LogP) is 2.64. The molecule has 1 aliphatic heterocycles. The molecule has 1 aromatic heterocycles. The van der Waals surface area contributed by atoms with Crippen LogP contribution in [0.3, 0.4) is 0 Å². The maximum absolute atomic E-state index is 11.8. The summed E-state index contributed by atoms with van der Waals surface area (Å²) in [5.74, 6) is 1.45. The summed E-state index contributed by atoms with van der Waals surface area (Å²) in [4.78, 5) is 18.2. The van der Waals surface area contributed by atoms with Crippen LogP contribution in [0.1, 0.15) is 30.0 Å². The van der Waals surface area contributed by atoms with Gasteiger partial charge >= 0.3 is 0 Å². The monoisotopic (exact) mass is 272 g/mol. The molecule has 0 saturated carbocycles. The van der Waals surface area contributed by atoms with Gasteiger partial charge in [-0.15, -0.1) is 22.9 Å². The van der Waals surface area contributed by atoms with Gasteiger partial charge in [-0.05, 0) is 12.8 Å². The number of aryl methyl sites for hydroxylation is 1. The molecule has 1 fully saturated rings. The van der Waals surface area contributed by atoms with Crippen LogP contribution in [0.2, 0.25) is 0 Å². The van der Waals surface area contributed by atoms with Crippen molar-refractivity contribution in [2.45, 2.75) is 26.2 Å². The maximum atomic E-state index is 11.8. The number of carbonyl (C=O) groups is 1. The lowest BCUT2D eigenvalue weighted by Crippen LogP contribution is -2.29. The smallest absolute Gasteiger partial charge is 0.222 e. The summed E-state index contributed by atoms with van der Waals surface area (Å²) in [6, 6.07) is 0. The van der Waals surface area contributed by atoms with Crippen molar-refractivity contribution in [3.63, 3.8) is 0 Å². The van der Waals surface area contributed by atoms with Crippen molar-refractivity contribution >= 4 is 28.8 Å². The second-order valence-electron chi connectivity index (χ2n) is 4.75. The molecule has 2 atom stereocenters. The minimum atomic E-state index is 0.232. The normalized spacial score (nSPS) is 22.2. The van der Waals surface area contributed by atoms with Gasteiger partial charge in [0.2, 0.25) is 5.91 Å². The van der Waals surface area contributed by atoms with E-state index in [2.05, 4.69) is 17.3 Å². The van der Waals surface area contributed by atoms with Crippen molar-refractivity contribution in [1.29, 1.82) is 0 Å². The average Bonchev–Trinajstić information content (AvgIpc) is 2.86. The third kappa shape index (κ3) is 2.99. The van der Waals surface area contributed by atoms with Gasteiger partial charge in [-0.3, -0.25) is 4.79 Å². The van der Waals surface area contributed by atoms with Gasteiger partial charge in [0.1, 0.15) is 0 Å². The highest BCUT2D eigenvalue weighted by atomic mass is 35.5. The molecule has 1 aromatic rings. The Morgan fingerprint density at radius 2 is 2.47 bits per heavy atom. The van der Waals surface area contributed by atoms with Crippen LogP contribution in [0, 0.1) is 12.8 Å². The van der Waals surface area contributed by atoms with Crippen LogP contribution in [0.25, 0.3) is 0 Å². The molecule has 0 aliphatic carbocycles. The van der Waals surface area contributed by atoms with Crippen molar-refractivity contribution < 1.29 is 4.79 Å². The summed E-state index contributed by atoms with van der Waals surface area (Å²) >= 11 is 7.48. The summed E-state index contributed by atoms with van der Waals surface area (Å²) in [7, 11) is 0. The number of amides is 1. The maximum Gasteiger partial charge on any atom is 0.222 e. The predicted molar refractivity (Wildman–Crippen MR) is 70.7 cm³/mol. The zero-order chi connectivity index (χ0) is 12.4. The Morgan fingerprint density at radius 3 is 3.00 bits per heavy atom. The van der Waals surface area contributed by atoms with Crippen LogP contribution in [0.15, 0.2) is 5.38 Å². The molecule has 3 nitrogen and oxygen atoms in total.